The fourth-order valence-electron chi connectivity index (χ4n) is 1.72. The number of nitrogens with zero attached hydrogens (tertiary/aromatic N) is 3. The van der Waals surface area contributed by atoms with Crippen molar-refractivity contribution in [3.8, 4) is 0 Å². The van der Waals surface area contributed by atoms with Crippen molar-refractivity contribution < 1.29 is 9.31 Å². The number of nitrogens with two attached hydrogens (primary N) is 1. The van der Waals surface area contributed by atoms with E-state index in [0.717, 1.165) is 0 Å². The Kier molecular flexibility index (Phi) is 3.76. The maximum Gasteiger partial charge on any atom is 0.312 e. The zero-order valence-electron chi connectivity index (χ0n) is 10.6. The third-order valence-electron chi connectivity index (χ3n) is 2.71. The van der Waals surface area contributed by atoms with E-state index in [1.165, 1.54) is 35.2 Å². The molecule has 0 aliphatic carbocycles. The van der Waals surface area contributed by atoms with Crippen LogP contribution in [-0.4, -0.2) is 17.0 Å². The highest BCUT2D eigenvalue weighted by atomic mass is 19.1. The van der Waals surface area contributed by atoms with Crippen LogP contribution in [0.4, 0.5) is 27.4 Å². The molecular formula is C12H12FN5O2. The highest BCUT2D eigenvalue weighted by Crippen LogP contribution is 2.31. The van der Waals surface area contributed by atoms with E-state index in [1.54, 1.807) is 13.1 Å². The zero-order chi connectivity index (χ0) is 14.7. The number of nitrogen functional groups attached to an aromatic ring is 1. The maximum atomic E-state index is 13.2. The van der Waals surface area contributed by atoms with Crippen LogP contribution in [0.5, 0.6) is 0 Å². The van der Waals surface area contributed by atoms with Gasteiger partial charge in [0.1, 0.15) is 11.6 Å². The molecule has 7 nitrogen and oxygen atoms in total. The lowest BCUT2D eigenvalue weighted by molar-refractivity contribution is -0.384. The molecule has 104 valence electrons. The first-order chi connectivity index (χ1) is 9.52. The van der Waals surface area contributed by atoms with Crippen molar-refractivity contribution in [3.05, 3.63) is 52.3 Å². The number of rotatable bonds is 4. The van der Waals surface area contributed by atoms with Gasteiger partial charge < -0.3 is 10.3 Å². The molecule has 2 rings (SSSR count). The van der Waals surface area contributed by atoms with Gasteiger partial charge in [-0.15, -0.1) is 0 Å². The Labute approximate surface area is 114 Å². The number of hydrogen-bond donors (Lipinski definition) is 2. The second kappa shape index (κ2) is 5.49. The number of aromatic nitrogens is 1. The van der Waals surface area contributed by atoms with E-state index in [0.29, 0.717) is 5.69 Å². The lowest BCUT2D eigenvalue weighted by atomic mass is 10.2. The van der Waals surface area contributed by atoms with Crippen molar-refractivity contribution in [1.82, 2.24) is 4.98 Å². The van der Waals surface area contributed by atoms with Gasteiger partial charge in [-0.25, -0.2) is 15.2 Å². The van der Waals surface area contributed by atoms with Crippen LogP contribution >= 0.6 is 0 Å². The van der Waals surface area contributed by atoms with E-state index in [2.05, 4.69) is 10.4 Å². The van der Waals surface area contributed by atoms with Gasteiger partial charge in [0.05, 0.1) is 4.92 Å². The normalized spacial score (nSPS) is 10.2. The number of nitrogens with one attached hydrogen (secondary N) is 1. The Morgan fingerprint density at radius 1 is 1.40 bits per heavy atom. The number of pyridine rings is 1. The molecule has 8 heteroatoms. The molecule has 0 fully saturated rings. The molecule has 0 saturated heterocycles. The van der Waals surface area contributed by atoms with Crippen LogP contribution in [0.3, 0.4) is 0 Å². The quantitative estimate of drug-likeness (QED) is 0.505. The Morgan fingerprint density at radius 3 is 2.75 bits per heavy atom. The van der Waals surface area contributed by atoms with E-state index in [9.17, 15) is 14.5 Å². The second-order valence-electron chi connectivity index (χ2n) is 3.98. The summed E-state index contributed by atoms with van der Waals surface area (Å²) >= 11 is 0. The standard InChI is InChI=1S/C12H12FN5O2/c1-17(9-4-2-3-8(13)7-9)12-10(18(19)20)5-6-11(15-12)16-14/h2-7H,14H2,1H3,(H,15,16). The minimum Gasteiger partial charge on any atom is -0.324 e. The monoisotopic (exact) mass is 277 g/mol. The van der Waals surface area contributed by atoms with E-state index in [1.807, 2.05) is 0 Å². The van der Waals surface area contributed by atoms with Crippen molar-refractivity contribution in [2.24, 2.45) is 5.84 Å². The molecule has 0 atom stereocenters. The maximum absolute atomic E-state index is 13.2. The Balaban J connectivity index is 2.52. The van der Waals surface area contributed by atoms with E-state index in [4.69, 9.17) is 5.84 Å². The first kappa shape index (κ1) is 13.7. The predicted octanol–water partition coefficient (Wildman–Crippen LogP) is 2.18. The molecule has 0 unspecified atom stereocenters. The number of hydrazine groups is 1. The third kappa shape index (κ3) is 2.64. The third-order valence-corrected chi connectivity index (χ3v) is 2.71. The number of hydrogen-bond acceptors (Lipinski definition) is 6. The van der Waals surface area contributed by atoms with Gasteiger partial charge in [-0.05, 0) is 24.3 Å². The average molecular weight is 277 g/mol. The minimum atomic E-state index is -0.557. The zero-order valence-corrected chi connectivity index (χ0v) is 10.6. The van der Waals surface area contributed by atoms with Gasteiger partial charge in [-0.2, -0.15) is 0 Å². The number of nitro groups is 1. The van der Waals surface area contributed by atoms with Crippen LogP contribution in [0.15, 0.2) is 36.4 Å². The summed E-state index contributed by atoms with van der Waals surface area (Å²) in [6, 6.07) is 8.36. The van der Waals surface area contributed by atoms with Crippen molar-refractivity contribution in [3.63, 3.8) is 0 Å². The molecule has 0 radical (unpaired) electrons. The SMILES string of the molecule is CN(c1cccc(F)c1)c1nc(NN)ccc1[N+](=O)[O-]. The summed E-state index contributed by atoms with van der Waals surface area (Å²) in [5.41, 5.74) is 2.56. The molecule has 0 aliphatic heterocycles. The van der Waals surface area contributed by atoms with E-state index < -0.39 is 10.7 Å². The van der Waals surface area contributed by atoms with Gasteiger partial charge in [0.2, 0.25) is 5.82 Å². The molecule has 1 aromatic heterocycles. The van der Waals surface area contributed by atoms with Crippen LogP contribution in [0, 0.1) is 15.9 Å². The van der Waals surface area contributed by atoms with Crippen molar-refractivity contribution in [1.29, 1.82) is 0 Å². The Hall–Kier alpha value is -2.74. The number of benzene rings is 1. The van der Waals surface area contributed by atoms with Gasteiger partial charge >= 0.3 is 5.69 Å². The summed E-state index contributed by atoms with van der Waals surface area (Å²) in [5, 5.41) is 11.0. The fraction of sp³-hybridized carbons (Fsp3) is 0.0833. The number of halogens is 1. The Bertz CT molecular complexity index is 649. The molecule has 0 saturated carbocycles. The fourth-order valence-corrected chi connectivity index (χ4v) is 1.72. The summed E-state index contributed by atoms with van der Waals surface area (Å²) in [4.78, 5) is 15.9. The first-order valence-corrected chi connectivity index (χ1v) is 5.64. The van der Waals surface area contributed by atoms with Gasteiger partial charge in [-0.3, -0.25) is 10.1 Å². The number of anilines is 3. The molecule has 3 N–H and O–H groups in total. The van der Waals surface area contributed by atoms with Crippen molar-refractivity contribution in [2.45, 2.75) is 0 Å². The smallest absolute Gasteiger partial charge is 0.312 e. The van der Waals surface area contributed by atoms with Crippen LogP contribution in [0.25, 0.3) is 0 Å². The molecule has 0 aliphatic rings. The predicted molar refractivity (Wildman–Crippen MR) is 73.2 cm³/mol. The van der Waals surface area contributed by atoms with Gasteiger partial charge in [0, 0.05) is 18.8 Å². The topological polar surface area (TPSA) is 97.3 Å². The van der Waals surface area contributed by atoms with Crippen LogP contribution in [-0.2, 0) is 0 Å². The summed E-state index contributed by atoms with van der Waals surface area (Å²) in [6.45, 7) is 0. The molecule has 0 amide bonds. The lowest BCUT2D eigenvalue weighted by Crippen LogP contribution is -2.16. The van der Waals surface area contributed by atoms with Crippen molar-refractivity contribution in [2.75, 3.05) is 17.4 Å². The Morgan fingerprint density at radius 2 is 2.15 bits per heavy atom. The molecule has 0 bridgehead atoms. The lowest BCUT2D eigenvalue weighted by Gasteiger charge is -2.18. The highest BCUT2D eigenvalue weighted by molar-refractivity contribution is 5.69. The average Bonchev–Trinajstić information content (AvgIpc) is 2.45. The van der Waals surface area contributed by atoms with Gasteiger partial charge in [-0.1, -0.05) is 6.07 Å². The molecular weight excluding hydrogens is 265 g/mol. The molecule has 0 spiro atoms. The van der Waals surface area contributed by atoms with Crippen LogP contribution in [0.2, 0.25) is 0 Å². The van der Waals surface area contributed by atoms with Crippen LogP contribution in [0.1, 0.15) is 0 Å². The van der Waals surface area contributed by atoms with E-state index in [-0.39, 0.29) is 17.3 Å². The summed E-state index contributed by atoms with van der Waals surface area (Å²) < 4.78 is 13.2. The summed E-state index contributed by atoms with van der Waals surface area (Å²) in [7, 11) is 1.56. The van der Waals surface area contributed by atoms with Gasteiger partial charge in [0.25, 0.3) is 0 Å². The highest BCUT2D eigenvalue weighted by Gasteiger charge is 2.20. The molecule has 20 heavy (non-hydrogen) atoms. The molecule has 1 heterocycles. The van der Waals surface area contributed by atoms with Crippen molar-refractivity contribution >= 4 is 23.0 Å². The molecule has 1 aromatic carbocycles. The second-order valence-corrected chi connectivity index (χ2v) is 3.98. The van der Waals surface area contributed by atoms with Gasteiger partial charge in [0.15, 0.2) is 0 Å². The minimum absolute atomic E-state index is 0.0658. The van der Waals surface area contributed by atoms with E-state index >= 15 is 0 Å². The molecule has 2 aromatic rings. The summed E-state index contributed by atoms with van der Waals surface area (Å²) in [6.07, 6.45) is 0. The largest absolute Gasteiger partial charge is 0.324 e. The first-order valence-electron chi connectivity index (χ1n) is 5.64. The van der Waals surface area contributed by atoms with Crippen LogP contribution < -0.4 is 16.2 Å². The summed E-state index contributed by atoms with van der Waals surface area (Å²) in [5.74, 6) is 5.15.